The molecule has 1 N–H and O–H groups in total. The molecule has 5 aromatic rings. The molecular formula is C40H46FN5O7S. The van der Waals surface area contributed by atoms with Crippen molar-refractivity contribution >= 4 is 40.0 Å². The van der Waals surface area contributed by atoms with E-state index in [1.807, 2.05) is 36.7 Å². The van der Waals surface area contributed by atoms with E-state index >= 15 is 0 Å². The maximum Gasteiger partial charge on any atom is 0.420 e. The van der Waals surface area contributed by atoms with Gasteiger partial charge in [-0.2, -0.15) is 5.10 Å². The summed E-state index contributed by atoms with van der Waals surface area (Å²) in [5, 5.41) is 5.48. The third-order valence-corrected chi connectivity index (χ3v) is 9.58. The van der Waals surface area contributed by atoms with E-state index in [4.69, 9.17) is 24.3 Å². The molecule has 14 heteroatoms. The largest absolute Gasteiger partial charge is 0.495 e. The molecule has 0 spiro atoms. The van der Waals surface area contributed by atoms with Crippen molar-refractivity contribution in [2.45, 2.75) is 91.9 Å². The Balaban J connectivity index is 1.55. The smallest absolute Gasteiger partial charge is 0.420 e. The molecular weight excluding hydrogens is 714 g/mol. The van der Waals surface area contributed by atoms with Crippen LogP contribution in [0.4, 0.5) is 14.9 Å². The molecule has 1 aliphatic carbocycles. The first-order valence-electron chi connectivity index (χ1n) is 17.7. The summed E-state index contributed by atoms with van der Waals surface area (Å²) in [4.78, 5) is 31.8. The fourth-order valence-electron chi connectivity index (χ4n) is 6.52. The van der Waals surface area contributed by atoms with Gasteiger partial charge in [-0.1, -0.05) is 18.2 Å². The molecule has 54 heavy (non-hydrogen) atoms. The van der Waals surface area contributed by atoms with Crippen LogP contribution >= 0.6 is 0 Å². The first kappa shape index (κ1) is 38.6. The number of hydrogen-bond donors (Lipinski definition) is 1. The van der Waals surface area contributed by atoms with E-state index in [2.05, 4.69) is 0 Å². The Morgan fingerprint density at radius 1 is 1.00 bits per heavy atom. The fourth-order valence-corrected chi connectivity index (χ4v) is 7.05. The summed E-state index contributed by atoms with van der Waals surface area (Å²) < 4.78 is 58.4. The molecule has 1 aliphatic rings. The van der Waals surface area contributed by atoms with E-state index < -0.39 is 41.1 Å². The number of anilines is 1. The summed E-state index contributed by atoms with van der Waals surface area (Å²) in [6, 6.07) is 13.6. The number of aromatic nitrogens is 4. The molecule has 3 aromatic heterocycles. The van der Waals surface area contributed by atoms with E-state index in [-0.39, 0.29) is 23.2 Å². The Morgan fingerprint density at radius 3 is 2.31 bits per heavy atom. The average Bonchev–Trinajstić information content (AvgIpc) is 3.80. The normalized spacial score (nSPS) is 13.9. The highest BCUT2D eigenvalue weighted by atomic mass is 32.2. The minimum Gasteiger partial charge on any atom is -0.495 e. The van der Waals surface area contributed by atoms with Gasteiger partial charge in [0.05, 0.1) is 30.7 Å². The maximum absolute atomic E-state index is 14.1. The summed E-state index contributed by atoms with van der Waals surface area (Å²) in [6.07, 6.45) is 2.93. The molecule has 0 radical (unpaired) electrons. The number of halogens is 1. The predicted molar refractivity (Wildman–Crippen MR) is 205 cm³/mol. The Bertz CT molecular complexity index is 2280. The van der Waals surface area contributed by atoms with Gasteiger partial charge >= 0.3 is 12.1 Å². The second-order valence-corrected chi connectivity index (χ2v) is 16.4. The number of rotatable bonds is 10. The summed E-state index contributed by atoms with van der Waals surface area (Å²) in [5.74, 6) is -0.626. The molecule has 2 aromatic carbocycles. The van der Waals surface area contributed by atoms with Crippen molar-refractivity contribution in [1.82, 2.24) is 19.3 Å². The van der Waals surface area contributed by atoms with E-state index in [1.165, 1.54) is 23.8 Å². The molecule has 1 fully saturated rings. The second-order valence-electron chi connectivity index (χ2n) is 15.5. The average molecular weight is 760 g/mol. The van der Waals surface area contributed by atoms with Gasteiger partial charge < -0.3 is 14.2 Å². The number of nitrogens with zero attached hydrogens (tertiary/aromatic N) is 5. The number of methoxy groups -OCH3 is 1. The first-order chi connectivity index (χ1) is 25.3. The lowest BCUT2D eigenvalue weighted by molar-refractivity contribution is -0.152. The number of carbonyl (C=O) groups excluding carboxylic acids is 2. The molecule has 12 nitrogen and oxygen atoms in total. The lowest BCUT2D eigenvalue weighted by Crippen LogP contribution is -2.36. The summed E-state index contributed by atoms with van der Waals surface area (Å²) in [5.41, 5.74) is 4.97. The van der Waals surface area contributed by atoms with Crippen LogP contribution in [0.25, 0.3) is 33.3 Å². The van der Waals surface area contributed by atoms with Crippen LogP contribution in [0.3, 0.4) is 0 Å². The highest BCUT2D eigenvalue weighted by Gasteiger charge is 2.33. The zero-order valence-corrected chi connectivity index (χ0v) is 32.8. The van der Waals surface area contributed by atoms with E-state index in [0.717, 1.165) is 45.2 Å². The van der Waals surface area contributed by atoms with Crippen molar-refractivity contribution in [3.8, 4) is 28.0 Å². The molecule has 3 heterocycles. The highest BCUT2D eigenvalue weighted by Crippen LogP contribution is 2.47. The van der Waals surface area contributed by atoms with Gasteiger partial charge in [-0.25, -0.2) is 22.9 Å². The van der Waals surface area contributed by atoms with Crippen LogP contribution in [0.1, 0.15) is 82.9 Å². The van der Waals surface area contributed by atoms with Gasteiger partial charge in [0.1, 0.15) is 35.0 Å². The van der Waals surface area contributed by atoms with Gasteiger partial charge in [-0.3, -0.25) is 18.3 Å². The van der Waals surface area contributed by atoms with Crippen LogP contribution in [0, 0.1) is 19.7 Å². The molecule has 0 saturated heterocycles. The molecule has 0 bridgehead atoms. The SMILES string of the molecule is COc1ccc(-c2cc3c(-c4c(C)nn(Cc5cccc(F)c5)c4C)cn(C(=O)OC(C)(C)C)c3nc2C2CC2)cc1N(CC(=O)OC(C)(C)C)S(=O)O. The molecule has 286 valence electrons. The number of ether oxygens (including phenoxy) is 3. The number of pyridine rings is 1. The molecule has 0 aliphatic heterocycles. The maximum atomic E-state index is 14.1. The monoisotopic (exact) mass is 759 g/mol. The first-order valence-corrected chi connectivity index (χ1v) is 18.8. The van der Waals surface area contributed by atoms with Crippen LogP contribution in [-0.4, -0.2) is 65.0 Å². The summed E-state index contributed by atoms with van der Waals surface area (Å²) in [7, 11) is 1.44. The number of aryl methyl sites for hydroxylation is 1. The summed E-state index contributed by atoms with van der Waals surface area (Å²) in [6.45, 7) is 14.2. The predicted octanol–water partition coefficient (Wildman–Crippen LogP) is 8.33. The van der Waals surface area contributed by atoms with Crippen molar-refractivity contribution in [1.29, 1.82) is 0 Å². The molecule has 1 saturated carbocycles. The quantitative estimate of drug-likeness (QED) is 0.110. The number of carbonyl (C=O) groups is 2. The van der Waals surface area contributed by atoms with Gasteiger partial charge in [0, 0.05) is 39.9 Å². The third-order valence-electron chi connectivity index (χ3n) is 8.87. The minimum absolute atomic E-state index is 0.114. The van der Waals surface area contributed by atoms with Crippen molar-refractivity contribution in [2.24, 2.45) is 0 Å². The Labute approximate surface area is 316 Å². The standard InChI is InChI=1S/C40H46FN5O7S/c1-23-35(24(2)45(43-23)20-25-11-10-12-28(41)17-25)31-21-44(38(48)53-40(6,7)8)37-30(31)19-29(36(42-37)26-13-14-26)27-15-16-33(51-9)32(18-27)46(54(49)50)22-34(47)52-39(3,4)5/h10-12,15-19,21,26H,13-14,20,22H2,1-9H3,(H,49,50). The Kier molecular flexibility index (Phi) is 10.5. The van der Waals surface area contributed by atoms with Crippen molar-refractivity contribution in [3.05, 3.63) is 83.2 Å². The van der Waals surface area contributed by atoms with Gasteiger partial charge in [0.15, 0.2) is 0 Å². The minimum atomic E-state index is -2.61. The number of hydrogen-bond acceptors (Lipinski definition) is 8. The number of esters is 1. The van der Waals surface area contributed by atoms with Crippen LogP contribution in [0.2, 0.25) is 0 Å². The van der Waals surface area contributed by atoms with E-state index in [0.29, 0.717) is 34.4 Å². The fraction of sp³-hybridized carbons (Fsp3) is 0.400. The molecule has 1 atom stereocenters. The van der Waals surface area contributed by atoms with Crippen LogP contribution < -0.4 is 9.04 Å². The summed E-state index contributed by atoms with van der Waals surface area (Å²) >= 11 is -2.61. The van der Waals surface area contributed by atoms with Crippen molar-refractivity contribution in [3.63, 3.8) is 0 Å². The molecule has 0 amide bonds. The lowest BCUT2D eigenvalue weighted by Gasteiger charge is -2.25. The van der Waals surface area contributed by atoms with Gasteiger partial charge in [-0.05, 0) is 110 Å². The van der Waals surface area contributed by atoms with Crippen molar-refractivity contribution < 1.29 is 37.0 Å². The lowest BCUT2D eigenvalue weighted by atomic mass is 9.97. The van der Waals surface area contributed by atoms with E-state index in [9.17, 15) is 22.7 Å². The molecule has 1 unspecified atom stereocenters. The van der Waals surface area contributed by atoms with Gasteiger partial charge in [0.2, 0.25) is 0 Å². The highest BCUT2D eigenvalue weighted by molar-refractivity contribution is 7.80. The van der Waals surface area contributed by atoms with Crippen LogP contribution in [0.5, 0.6) is 5.75 Å². The van der Waals surface area contributed by atoms with Gasteiger partial charge in [0.25, 0.3) is 11.3 Å². The topological polar surface area (TPSA) is 138 Å². The second kappa shape index (κ2) is 14.6. The third kappa shape index (κ3) is 8.34. The number of fused-ring (bicyclic) bond motifs is 1. The van der Waals surface area contributed by atoms with Crippen molar-refractivity contribution in [2.75, 3.05) is 18.0 Å². The number of benzene rings is 2. The van der Waals surface area contributed by atoms with Crippen LogP contribution in [-0.2, 0) is 32.1 Å². The molecule has 6 rings (SSSR count). The Morgan fingerprint density at radius 2 is 1.70 bits per heavy atom. The Hall–Kier alpha value is -5.08. The van der Waals surface area contributed by atoms with Gasteiger partial charge in [-0.15, -0.1) is 0 Å². The van der Waals surface area contributed by atoms with Crippen LogP contribution in [0.15, 0.2) is 54.7 Å². The zero-order chi connectivity index (χ0) is 39.3. The zero-order valence-electron chi connectivity index (χ0n) is 32.0. The van der Waals surface area contributed by atoms with E-state index in [1.54, 1.807) is 65.9 Å².